The van der Waals surface area contributed by atoms with Crippen LogP contribution in [-0.2, 0) is 0 Å². The number of hydrogen-bond acceptors (Lipinski definition) is 2. The number of benzene rings is 11. The first-order valence-corrected chi connectivity index (χ1v) is 24.9. The standard InChI is InChI=1S/C66H36N2S2/c1-3-15-37(16-4-1)39-19-7-9-21-41(39)43-27-29-47-61-51(31-33-57-63(61)45-23-11-13-25-55(45)69-57)67-53-36-50-54(35-49(53)59(43)65(47)67)68-52-32-34-58-64(46-24-12-14-26-56(46)70-58)62(52)48-30-28-44(60(50)66(48)68)42-22-10-8-20-40(42)38-17-5-2-6-18-38/h1-36H/i1D,2D,3D,4D,5D,6D,15D,16D,17D,18D. The summed E-state index contributed by atoms with van der Waals surface area (Å²) >= 11 is 3.55. The van der Waals surface area contributed by atoms with E-state index in [1.807, 2.05) is 48.5 Å². The Hall–Kier alpha value is -8.54. The molecule has 0 atom stereocenters. The van der Waals surface area contributed by atoms with Crippen molar-refractivity contribution in [3.63, 3.8) is 0 Å². The lowest BCUT2D eigenvalue weighted by Crippen LogP contribution is -1.87. The van der Waals surface area contributed by atoms with Crippen molar-refractivity contribution < 1.29 is 13.7 Å². The quantitative estimate of drug-likeness (QED) is 0.166. The maximum absolute atomic E-state index is 9.20. The lowest BCUT2D eigenvalue weighted by molar-refractivity contribution is 1.36. The Kier molecular flexibility index (Phi) is 5.70. The first-order chi connectivity index (χ1) is 38.9. The third kappa shape index (κ3) is 4.72. The van der Waals surface area contributed by atoms with Crippen LogP contribution in [0.5, 0.6) is 0 Å². The monoisotopic (exact) mass is 930 g/mol. The highest BCUT2D eigenvalue weighted by atomic mass is 32.1. The fraction of sp³-hybridized carbons (Fsp3) is 0. The minimum absolute atomic E-state index is 0.137. The van der Waals surface area contributed by atoms with Crippen molar-refractivity contribution in [3.8, 4) is 44.5 Å². The minimum atomic E-state index is -0.442. The van der Waals surface area contributed by atoms with Crippen molar-refractivity contribution >= 4 is 139 Å². The van der Waals surface area contributed by atoms with Gasteiger partial charge in [-0.05, 0) is 93.0 Å². The second-order valence-electron chi connectivity index (χ2n) is 18.3. The van der Waals surface area contributed by atoms with Gasteiger partial charge in [0.05, 0.1) is 46.8 Å². The summed E-state index contributed by atoms with van der Waals surface area (Å²) < 4.78 is 98.2. The summed E-state index contributed by atoms with van der Waals surface area (Å²) in [5.74, 6) is 0. The van der Waals surface area contributed by atoms with Crippen molar-refractivity contribution in [2.24, 2.45) is 0 Å². The second kappa shape index (κ2) is 13.6. The van der Waals surface area contributed by atoms with Gasteiger partial charge in [0.15, 0.2) is 0 Å². The molecule has 0 aliphatic rings. The van der Waals surface area contributed by atoms with Gasteiger partial charge in [-0.15, -0.1) is 22.7 Å². The minimum Gasteiger partial charge on any atom is -0.308 e. The van der Waals surface area contributed by atoms with Crippen molar-refractivity contribution in [1.29, 1.82) is 0 Å². The average Bonchev–Trinajstić information content (AvgIpc) is 4.25. The second-order valence-corrected chi connectivity index (χ2v) is 20.4. The summed E-state index contributed by atoms with van der Waals surface area (Å²) in [7, 11) is 0. The van der Waals surface area contributed by atoms with Gasteiger partial charge in [-0.2, -0.15) is 0 Å². The lowest BCUT2D eigenvalue weighted by Gasteiger charge is -2.13. The smallest absolute Gasteiger partial charge is 0.0629 e. The zero-order chi connectivity index (χ0) is 54.0. The normalized spacial score (nSPS) is 14.6. The number of rotatable bonds is 4. The van der Waals surface area contributed by atoms with Gasteiger partial charge in [0.2, 0.25) is 0 Å². The van der Waals surface area contributed by atoms with Crippen LogP contribution in [0.15, 0.2) is 218 Å². The number of aromatic nitrogens is 2. The van der Waals surface area contributed by atoms with E-state index in [4.69, 9.17) is 8.22 Å². The molecule has 2 nitrogen and oxygen atoms in total. The van der Waals surface area contributed by atoms with Crippen LogP contribution in [0.3, 0.4) is 0 Å². The van der Waals surface area contributed by atoms with Gasteiger partial charge in [0.1, 0.15) is 0 Å². The van der Waals surface area contributed by atoms with Gasteiger partial charge in [-0.3, -0.25) is 0 Å². The average molecular weight is 931 g/mol. The molecule has 6 aromatic heterocycles. The van der Waals surface area contributed by atoms with E-state index in [9.17, 15) is 5.48 Å². The molecule has 0 amide bonds. The SMILES string of the molecule is [2H]c1c([2H])c([2H])c(-c2ccccc2-c2ccc3c4c5c(ccc4n4c6cc7c8c(-c9ccccc9-c9c([2H])c([2H])c([2H])c([2H])c9[2H])ccc9c%10c%11c(ccc%10n(c7cc6c2c34)c98)sc2ccccc2%11)sc2ccccc25)c([2H])c1[2H]. The molecule has 70 heavy (non-hydrogen) atoms. The topological polar surface area (TPSA) is 8.82 Å². The molecular weight excluding hydrogens is 885 g/mol. The highest BCUT2D eigenvalue weighted by Gasteiger charge is 2.28. The van der Waals surface area contributed by atoms with Crippen LogP contribution in [0.1, 0.15) is 13.7 Å². The van der Waals surface area contributed by atoms with Crippen LogP contribution < -0.4 is 0 Å². The van der Waals surface area contributed by atoms with Crippen molar-refractivity contribution in [2.75, 3.05) is 0 Å². The van der Waals surface area contributed by atoms with E-state index in [1.165, 1.54) is 40.3 Å². The first kappa shape index (κ1) is 29.4. The van der Waals surface area contributed by atoms with E-state index >= 15 is 0 Å². The molecule has 6 heterocycles. The molecular formula is C66H36N2S2. The van der Waals surface area contributed by atoms with E-state index in [2.05, 4.69) is 118 Å². The molecule has 0 saturated heterocycles. The van der Waals surface area contributed by atoms with Gasteiger partial charge in [-0.25, -0.2) is 0 Å². The van der Waals surface area contributed by atoms with Crippen LogP contribution >= 0.6 is 22.7 Å². The van der Waals surface area contributed by atoms with Gasteiger partial charge in [-0.1, -0.05) is 170 Å². The number of fused-ring (bicyclic) bond motifs is 20. The Morgan fingerprint density at radius 1 is 0.286 bits per heavy atom. The van der Waals surface area contributed by atoms with Crippen LogP contribution in [-0.4, -0.2) is 8.80 Å². The van der Waals surface area contributed by atoms with Crippen LogP contribution in [0.2, 0.25) is 0 Å². The fourth-order valence-corrected chi connectivity index (χ4v) is 14.5. The maximum atomic E-state index is 9.20. The highest BCUT2D eigenvalue weighted by Crippen LogP contribution is 2.53. The summed E-state index contributed by atoms with van der Waals surface area (Å²) in [6.07, 6.45) is 0. The molecule has 17 aromatic rings. The Morgan fingerprint density at radius 3 is 1.16 bits per heavy atom. The third-order valence-electron chi connectivity index (χ3n) is 15.0. The molecule has 0 bridgehead atoms. The molecule has 0 spiro atoms. The summed E-state index contributed by atoms with van der Waals surface area (Å²) in [6.45, 7) is 0. The molecule has 4 heteroatoms. The largest absolute Gasteiger partial charge is 0.308 e. The zero-order valence-electron chi connectivity index (χ0n) is 46.7. The predicted molar refractivity (Wildman–Crippen MR) is 303 cm³/mol. The van der Waals surface area contributed by atoms with Gasteiger partial charge in [0, 0.05) is 83.4 Å². The van der Waals surface area contributed by atoms with Crippen LogP contribution in [0, 0.1) is 0 Å². The number of hydrogen-bond donors (Lipinski definition) is 0. The predicted octanol–water partition coefficient (Wildman–Crippen LogP) is 19.4. The Bertz CT molecular complexity index is 5280. The van der Waals surface area contributed by atoms with E-state index in [1.54, 1.807) is 22.7 Å². The van der Waals surface area contributed by atoms with E-state index in [0.29, 0.717) is 11.1 Å². The Balaban J connectivity index is 1.08. The molecule has 11 aromatic carbocycles. The molecule has 17 rings (SSSR count). The fourth-order valence-electron chi connectivity index (χ4n) is 12.3. The summed E-state index contributed by atoms with van der Waals surface area (Å²) in [4.78, 5) is 0. The van der Waals surface area contributed by atoms with E-state index in [-0.39, 0.29) is 35.3 Å². The molecule has 322 valence electrons. The number of thiophene rings is 2. The molecule has 0 fully saturated rings. The molecule has 0 aliphatic heterocycles. The van der Waals surface area contributed by atoms with Crippen molar-refractivity contribution in [2.45, 2.75) is 0 Å². The summed E-state index contributed by atoms with van der Waals surface area (Å²) in [5, 5.41) is 13.0. The molecule has 0 N–H and O–H groups in total. The molecule has 0 aliphatic carbocycles. The molecule has 0 radical (unpaired) electrons. The lowest BCUT2D eigenvalue weighted by atomic mass is 9.90. The summed E-state index contributed by atoms with van der Waals surface area (Å²) in [6, 6.07) is 51.1. The van der Waals surface area contributed by atoms with Crippen molar-refractivity contribution in [1.82, 2.24) is 8.80 Å². The first-order valence-electron chi connectivity index (χ1n) is 28.3. The molecule has 0 unspecified atom stereocenters. The van der Waals surface area contributed by atoms with Crippen LogP contribution in [0.4, 0.5) is 0 Å². The van der Waals surface area contributed by atoms with Gasteiger partial charge in [0.25, 0.3) is 0 Å². The van der Waals surface area contributed by atoms with Gasteiger partial charge < -0.3 is 8.80 Å². The Labute approximate surface area is 422 Å². The van der Waals surface area contributed by atoms with Gasteiger partial charge >= 0.3 is 0 Å². The maximum Gasteiger partial charge on any atom is 0.0629 e. The van der Waals surface area contributed by atoms with Crippen molar-refractivity contribution in [3.05, 3.63) is 218 Å². The molecule has 0 saturated carbocycles. The van der Waals surface area contributed by atoms with E-state index < -0.39 is 36.3 Å². The van der Waals surface area contributed by atoms with E-state index in [0.717, 1.165) is 98.4 Å². The summed E-state index contributed by atoms with van der Waals surface area (Å²) in [5.41, 5.74) is 10.5. The highest BCUT2D eigenvalue weighted by molar-refractivity contribution is 7.26. The third-order valence-corrected chi connectivity index (χ3v) is 17.2. The van der Waals surface area contributed by atoms with Crippen LogP contribution in [0.25, 0.3) is 161 Å². The Morgan fingerprint density at radius 2 is 0.700 bits per heavy atom. The number of nitrogens with zero attached hydrogens (tertiary/aromatic N) is 2. The zero-order valence-corrected chi connectivity index (χ0v) is 38.4.